The third-order valence-electron chi connectivity index (χ3n) is 2.04. The summed E-state index contributed by atoms with van der Waals surface area (Å²) < 4.78 is 14.3. The Bertz CT molecular complexity index is 504. The fourth-order valence-corrected chi connectivity index (χ4v) is 1.17. The Kier molecular flexibility index (Phi) is 4.87. The van der Waals surface area contributed by atoms with Crippen LogP contribution >= 0.6 is 0 Å². The first-order valence-electron chi connectivity index (χ1n) is 5.38. The minimum atomic E-state index is -1.22. The lowest BCUT2D eigenvalue weighted by molar-refractivity contribution is -0.150. The van der Waals surface area contributed by atoms with Crippen LogP contribution in [0.1, 0.15) is 27.8 Å². The third kappa shape index (κ3) is 3.70. The topological polar surface area (TPSA) is 109 Å². The molecule has 0 bridgehead atoms. The molecule has 0 aliphatic carbocycles. The molecule has 0 aliphatic heterocycles. The quantitative estimate of drug-likeness (QED) is 0.598. The molecule has 7 heteroatoms. The van der Waals surface area contributed by atoms with Gasteiger partial charge in [0.05, 0.1) is 12.2 Å². The van der Waals surface area contributed by atoms with Crippen LogP contribution in [0.2, 0.25) is 0 Å². The van der Waals surface area contributed by atoms with Gasteiger partial charge in [0.1, 0.15) is 6.26 Å². The average Bonchev–Trinajstić information content (AvgIpc) is 2.85. The summed E-state index contributed by atoms with van der Waals surface area (Å²) in [5.41, 5.74) is 4.93. The second-order valence-electron chi connectivity index (χ2n) is 3.38. The van der Waals surface area contributed by atoms with Gasteiger partial charge in [-0.05, 0) is 13.0 Å². The molecule has 1 atom stereocenters. The number of hydrogen-bond donors (Lipinski definition) is 1. The van der Waals surface area contributed by atoms with E-state index < -0.39 is 23.9 Å². The second kappa shape index (κ2) is 6.39. The molecule has 0 radical (unpaired) electrons. The maximum absolute atomic E-state index is 11.7. The minimum absolute atomic E-state index is 0.0371. The molecule has 1 amide bonds. The summed E-state index contributed by atoms with van der Waals surface area (Å²) in [5.74, 6) is -2.58. The molecule has 1 unspecified atom stereocenters. The SMILES string of the molecule is C=CC(OC(=O)c1coc(C(N)=O)c1)C(=O)OCC. The van der Waals surface area contributed by atoms with Crippen molar-refractivity contribution in [2.24, 2.45) is 5.73 Å². The summed E-state index contributed by atoms with van der Waals surface area (Å²) in [6, 6.07) is 1.12. The number of carbonyl (C=O) groups is 3. The van der Waals surface area contributed by atoms with E-state index in [1.807, 2.05) is 0 Å². The van der Waals surface area contributed by atoms with E-state index in [4.69, 9.17) is 19.6 Å². The van der Waals surface area contributed by atoms with Crippen molar-refractivity contribution in [2.45, 2.75) is 13.0 Å². The number of rotatable bonds is 6. The fraction of sp³-hybridized carbons (Fsp3) is 0.250. The van der Waals surface area contributed by atoms with E-state index in [1.165, 1.54) is 0 Å². The second-order valence-corrected chi connectivity index (χ2v) is 3.38. The maximum atomic E-state index is 11.7. The summed E-state index contributed by atoms with van der Waals surface area (Å²) in [4.78, 5) is 33.8. The van der Waals surface area contributed by atoms with E-state index in [2.05, 4.69) is 6.58 Å². The van der Waals surface area contributed by atoms with Gasteiger partial charge in [-0.1, -0.05) is 6.58 Å². The summed E-state index contributed by atoms with van der Waals surface area (Å²) in [7, 11) is 0. The molecule has 7 nitrogen and oxygen atoms in total. The number of carbonyl (C=O) groups excluding carboxylic acids is 3. The smallest absolute Gasteiger partial charge is 0.351 e. The van der Waals surface area contributed by atoms with E-state index in [1.54, 1.807) is 6.92 Å². The molecule has 0 aromatic carbocycles. The Balaban J connectivity index is 2.74. The number of hydrogen-bond acceptors (Lipinski definition) is 6. The number of amides is 1. The van der Waals surface area contributed by atoms with Gasteiger partial charge in [-0.2, -0.15) is 0 Å². The summed E-state index contributed by atoms with van der Waals surface area (Å²) in [6.07, 6.45) is 0.915. The molecule has 0 fully saturated rings. The van der Waals surface area contributed by atoms with E-state index in [0.29, 0.717) is 0 Å². The van der Waals surface area contributed by atoms with Crippen molar-refractivity contribution in [1.29, 1.82) is 0 Å². The Labute approximate surface area is 109 Å². The van der Waals surface area contributed by atoms with Crippen molar-refractivity contribution >= 4 is 17.8 Å². The van der Waals surface area contributed by atoms with Gasteiger partial charge in [-0.25, -0.2) is 9.59 Å². The van der Waals surface area contributed by atoms with Gasteiger partial charge < -0.3 is 19.6 Å². The number of ether oxygens (including phenoxy) is 2. The summed E-state index contributed by atoms with van der Waals surface area (Å²) in [6.45, 7) is 5.14. The van der Waals surface area contributed by atoms with E-state index >= 15 is 0 Å². The highest BCUT2D eigenvalue weighted by atomic mass is 16.6. The Morgan fingerprint density at radius 3 is 2.68 bits per heavy atom. The van der Waals surface area contributed by atoms with Crippen LogP contribution in [0.5, 0.6) is 0 Å². The van der Waals surface area contributed by atoms with Crippen molar-refractivity contribution < 1.29 is 28.3 Å². The van der Waals surface area contributed by atoms with Gasteiger partial charge in [-0.15, -0.1) is 0 Å². The zero-order valence-corrected chi connectivity index (χ0v) is 10.3. The number of furan rings is 1. The highest BCUT2D eigenvalue weighted by Crippen LogP contribution is 2.10. The van der Waals surface area contributed by atoms with Crippen molar-refractivity contribution in [3.63, 3.8) is 0 Å². The molecule has 0 spiro atoms. The van der Waals surface area contributed by atoms with Crippen molar-refractivity contribution in [1.82, 2.24) is 0 Å². The molecule has 19 heavy (non-hydrogen) atoms. The standard InChI is InChI=1S/C12H13NO6/c1-3-8(12(16)17-4-2)19-11(15)7-5-9(10(13)14)18-6-7/h3,5-6,8H,1,4H2,2H3,(H2,13,14). The Morgan fingerprint density at radius 2 is 2.21 bits per heavy atom. The van der Waals surface area contributed by atoms with Gasteiger partial charge in [0.2, 0.25) is 6.10 Å². The molecular weight excluding hydrogens is 254 g/mol. The molecule has 2 N–H and O–H groups in total. The van der Waals surface area contributed by atoms with Gasteiger partial charge in [0, 0.05) is 6.07 Å². The van der Waals surface area contributed by atoms with Crippen LogP contribution in [0.3, 0.4) is 0 Å². The predicted octanol–water partition coefficient (Wildman–Crippen LogP) is 0.653. The lowest BCUT2D eigenvalue weighted by Crippen LogP contribution is -2.27. The normalized spacial score (nSPS) is 11.4. The summed E-state index contributed by atoms with van der Waals surface area (Å²) in [5, 5.41) is 0. The van der Waals surface area contributed by atoms with Crippen molar-refractivity contribution in [3.05, 3.63) is 36.3 Å². The molecule has 0 saturated carbocycles. The minimum Gasteiger partial charge on any atom is -0.463 e. The molecule has 0 aliphatic rings. The van der Waals surface area contributed by atoms with Crippen LogP contribution in [0.15, 0.2) is 29.4 Å². The van der Waals surface area contributed by atoms with Gasteiger partial charge in [-0.3, -0.25) is 4.79 Å². The number of nitrogens with two attached hydrogens (primary N) is 1. The first-order chi connectivity index (χ1) is 8.99. The third-order valence-corrected chi connectivity index (χ3v) is 2.04. The van der Waals surface area contributed by atoms with Gasteiger partial charge in [0.25, 0.3) is 5.91 Å². The number of primary amides is 1. The molecular formula is C12H13NO6. The monoisotopic (exact) mass is 267 g/mol. The van der Waals surface area contributed by atoms with Crippen molar-refractivity contribution in [3.8, 4) is 0 Å². The Hall–Kier alpha value is -2.57. The van der Waals surface area contributed by atoms with Crippen LogP contribution in [-0.4, -0.2) is 30.6 Å². The van der Waals surface area contributed by atoms with Crippen LogP contribution in [-0.2, 0) is 14.3 Å². The van der Waals surface area contributed by atoms with Crippen LogP contribution in [0.25, 0.3) is 0 Å². The lowest BCUT2D eigenvalue weighted by atomic mass is 10.3. The van der Waals surface area contributed by atoms with Crippen molar-refractivity contribution in [2.75, 3.05) is 6.61 Å². The highest BCUT2D eigenvalue weighted by Gasteiger charge is 2.23. The lowest BCUT2D eigenvalue weighted by Gasteiger charge is -2.11. The predicted molar refractivity (Wildman–Crippen MR) is 63.3 cm³/mol. The van der Waals surface area contributed by atoms with Crippen LogP contribution in [0, 0.1) is 0 Å². The average molecular weight is 267 g/mol. The maximum Gasteiger partial charge on any atom is 0.351 e. The zero-order valence-electron chi connectivity index (χ0n) is 10.3. The van der Waals surface area contributed by atoms with E-state index in [-0.39, 0.29) is 17.9 Å². The molecule has 1 aromatic rings. The first kappa shape index (κ1) is 14.5. The molecule has 102 valence electrons. The van der Waals surface area contributed by atoms with E-state index in [0.717, 1.165) is 18.4 Å². The molecule has 1 aromatic heterocycles. The van der Waals surface area contributed by atoms with Crippen LogP contribution < -0.4 is 5.73 Å². The van der Waals surface area contributed by atoms with E-state index in [9.17, 15) is 14.4 Å². The Morgan fingerprint density at radius 1 is 1.53 bits per heavy atom. The highest BCUT2D eigenvalue weighted by molar-refractivity contribution is 5.96. The zero-order chi connectivity index (χ0) is 14.4. The van der Waals surface area contributed by atoms with Gasteiger partial charge >= 0.3 is 11.9 Å². The molecule has 1 rings (SSSR count). The van der Waals surface area contributed by atoms with Crippen LogP contribution in [0.4, 0.5) is 0 Å². The largest absolute Gasteiger partial charge is 0.463 e. The fourth-order valence-electron chi connectivity index (χ4n) is 1.17. The first-order valence-corrected chi connectivity index (χ1v) is 5.38. The summed E-state index contributed by atoms with van der Waals surface area (Å²) >= 11 is 0. The number of esters is 2. The van der Waals surface area contributed by atoms with Gasteiger partial charge in [0.15, 0.2) is 5.76 Å². The molecule has 1 heterocycles. The molecule has 0 saturated heterocycles.